The first-order valence-corrected chi connectivity index (χ1v) is 10.7. The van der Waals surface area contributed by atoms with Crippen LogP contribution < -0.4 is 15.8 Å². The molecular weight excluding hydrogens is 542 g/mol. The van der Waals surface area contributed by atoms with Crippen LogP contribution in [0.3, 0.4) is 0 Å². The van der Waals surface area contributed by atoms with Gasteiger partial charge in [0.25, 0.3) is 0 Å². The smallest absolute Gasteiger partial charge is 0.229 e. The van der Waals surface area contributed by atoms with Gasteiger partial charge in [0.2, 0.25) is 5.95 Å². The summed E-state index contributed by atoms with van der Waals surface area (Å²) in [6.07, 6.45) is 1.08. The molecule has 1 aromatic heterocycles. The van der Waals surface area contributed by atoms with Crippen molar-refractivity contribution in [3.05, 3.63) is 31.7 Å². The molecule has 0 bridgehead atoms. The van der Waals surface area contributed by atoms with Crippen molar-refractivity contribution in [2.45, 2.75) is 30.9 Å². The first-order chi connectivity index (χ1) is 11.7. The third-order valence-electron chi connectivity index (χ3n) is 3.29. The lowest BCUT2D eigenvalue weighted by Crippen LogP contribution is -2.28. The molecule has 0 aliphatic carbocycles. The van der Waals surface area contributed by atoms with Gasteiger partial charge in [-0.05, 0) is 73.8 Å². The molecule has 0 saturated heterocycles. The lowest BCUT2D eigenvalue weighted by molar-refractivity contribution is 0.177. The number of rotatable bonds is 6. The number of nitrogens with two attached hydrogens (primary N) is 1. The van der Waals surface area contributed by atoms with Crippen molar-refractivity contribution in [3.8, 4) is 0 Å². The zero-order chi connectivity index (χ0) is 18.7. The molecule has 0 fully saturated rings. The number of halogens is 3. The topological polar surface area (TPSA) is 113 Å². The maximum Gasteiger partial charge on any atom is 0.229 e. The van der Waals surface area contributed by atoms with Crippen LogP contribution in [0.1, 0.15) is 13.8 Å². The second-order valence-electron chi connectivity index (χ2n) is 5.26. The van der Waals surface area contributed by atoms with Gasteiger partial charge in [-0.3, -0.25) is 0 Å². The molecule has 0 spiro atoms. The first kappa shape index (κ1) is 20.7. The van der Waals surface area contributed by atoms with Crippen molar-refractivity contribution in [1.82, 2.24) is 9.97 Å². The van der Waals surface area contributed by atoms with Crippen LogP contribution in [0.25, 0.3) is 0 Å². The summed E-state index contributed by atoms with van der Waals surface area (Å²) in [6, 6.07) is 3.30. The van der Waals surface area contributed by atoms with E-state index >= 15 is 0 Å². The van der Waals surface area contributed by atoms with Crippen LogP contribution in [0.5, 0.6) is 0 Å². The number of benzene rings is 1. The molecule has 7 nitrogen and oxygen atoms in total. The molecule has 1 aromatic carbocycles. The average molecular weight is 558 g/mol. The Bertz CT molecular complexity index is 783. The molecule has 1 heterocycles. The van der Waals surface area contributed by atoms with Gasteiger partial charge in [-0.25, -0.2) is 14.3 Å². The molecule has 0 aliphatic rings. The first-order valence-electron chi connectivity index (χ1n) is 7.08. The van der Waals surface area contributed by atoms with E-state index in [0.29, 0.717) is 35.8 Å². The molecule has 2 aromatic rings. The lowest BCUT2D eigenvalue weighted by atomic mass is 10.2. The molecule has 0 amide bonds. The summed E-state index contributed by atoms with van der Waals surface area (Å²) in [4.78, 5) is 9.08. The predicted octanol–water partition coefficient (Wildman–Crippen LogP) is 3.67. The molecule has 2 rings (SSSR count). The zero-order valence-corrected chi connectivity index (χ0v) is 18.8. The lowest BCUT2D eigenvalue weighted by Gasteiger charge is -2.18. The van der Waals surface area contributed by atoms with Gasteiger partial charge in [0.1, 0.15) is 16.8 Å². The number of aromatic nitrogens is 2. The Balaban J connectivity index is 2.28. The Labute approximate surface area is 173 Å². The van der Waals surface area contributed by atoms with Gasteiger partial charge >= 0.3 is 0 Å². The van der Waals surface area contributed by atoms with Crippen molar-refractivity contribution >= 4 is 76.2 Å². The molecule has 1 unspecified atom stereocenters. The maximum atomic E-state index is 11.5. The monoisotopic (exact) mass is 555 g/mol. The second-order valence-corrected chi connectivity index (χ2v) is 8.82. The number of anilines is 3. The van der Waals surface area contributed by atoms with Crippen LogP contribution in [0.4, 0.5) is 17.5 Å². The molecule has 0 aliphatic heterocycles. The molecule has 0 radical (unpaired) electrons. The van der Waals surface area contributed by atoms with Crippen molar-refractivity contribution in [2.75, 3.05) is 10.6 Å². The van der Waals surface area contributed by atoms with Gasteiger partial charge in [-0.15, -0.1) is 0 Å². The zero-order valence-electron chi connectivity index (χ0n) is 13.3. The molecule has 136 valence electrons. The minimum atomic E-state index is -1.62. The Morgan fingerprint density at radius 1 is 1.20 bits per heavy atom. The summed E-state index contributed by atoms with van der Waals surface area (Å²) in [5.41, 5.74) is 0.685. The maximum absolute atomic E-state index is 11.5. The second kappa shape index (κ2) is 8.87. The van der Waals surface area contributed by atoms with E-state index < -0.39 is 17.1 Å². The van der Waals surface area contributed by atoms with Crippen LogP contribution >= 0.6 is 47.8 Å². The number of nitrogens with one attached hydrogen (secondary N) is 2. The summed E-state index contributed by atoms with van der Waals surface area (Å²) < 4.78 is 13.4. The predicted molar refractivity (Wildman–Crippen MR) is 110 cm³/mol. The van der Waals surface area contributed by atoms with Gasteiger partial charge in [-0.2, -0.15) is 4.98 Å². The molecular formula is C14H16Br3N5O2S. The van der Waals surface area contributed by atoms with Crippen LogP contribution in [0.15, 0.2) is 36.6 Å². The summed E-state index contributed by atoms with van der Waals surface area (Å²) in [5.74, 6) is 0.924. The van der Waals surface area contributed by atoms with Gasteiger partial charge in [0, 0.05) is 20.8 Å². The summed E-state index contributed by atoms with van der Waals surface area (Å²) in [5, 5.41) is 21.3. The standard InChI is InChI=1S/C14H16Br3N5O2S/c1-6(7(2)23)20-13-11(17)5-19-14(22-13)21-8-3-9(15)12(25(18)24)10(16)4-8/h3-7,23H,18H2,1-2H3,(H2,19,20,21,22)/t6-,7-,25?/m1/s1. The Morgan fingerprint density at radius 2 is 1.80 bits per heavy atom. The van der Waals surface area contributed by atoms with E-state index in [1.165, 1.54) is 0 Å². The molecule has 3 atom stereocenters. The summed E-state index contributed by atoms with van der Waals surface area (Å²) in [6.45, 7) is 3.55. The van der Waals surface area contributed by atoms with Crippen molar-refractivity contribution < 1.29 is 9.32 Å². The molecule has 11 heteroatoms. The van der Waals surface area contributed by atoms with E-state index in [2.05, 4.69) is 68.4 Å². The minimum Gasteiger partial charge on any atom is -0.391 e. The number of aliphatic hydroxyl groups is 1. The highest BCUT2D eigenvalue weighted by molar-refractivity contribution is 9.11. The SMILES string of the molecule is C[C@@H](O)[C@@H](C)Nc1nc(Nc2cc(Br)c(S(N)=O)c(Br)c2)ncc1Br. The van der Waals surface area contributed by atoms with E-state index in [9.17, 15) is 9.32 Å². The fraction of sp³-hybridized carbons (Fsp3) is 0.286. The van der Waals surface area contributed by atoms with Crippen molar-refractivity contribution in [1.29, 1.82) is 0 Å². The van der Waals surface area contributed by atoms with Gasteiger partial charge in [0.15, 0.2) is 0 Å². The molecule has 5 N–H and O–H groups in total. The summed E-state index contributed by atoms with van der Waals surface area (Å²) >= 11 is 10.1. The Morgan fingerprint density at radius 3 is 2.32 bits per heavy atom. The van der Waals surface area contributed by atoms with Crippen molar-refractivity contribution in [3.63, 3.8) is 0 Å². The largest absolute Gasteiger partial charge is 0.391 e. The number of nitrogens with zero attached hydrogens (tertiary/aromatic N) is 2. The summed E-state index contributed by atoms with van der Waals surface area (Å²) in [7, 11) is -1.62. The van der Waals surface area contributed by atoms with Gasteiger partial charge < -0.3 is 15.7 Å². The van der Waals surface area contributed by atoms with Crippen LogP contribution in [-0.4, -0.2) is 31.4 Å². The Hall–Kier alpha value is -0.590. The third kappa shape index (κ3) is 5.44. The average Bonchev–Trinajstić information content (AvgIpc) is 2.49. The number of hydrogen-bond acceptors (Lipinski definition) is 6. The number of aliphatic hydroxyl groups excluding tert-OH is 1. The van der Waals surface area contributed by atoms with Crippen LogP contribution in [0.2, 0.25) is 0 Å². The quantitative estimate of drug-likeness (QED) is 0.431. The highest BCUT2D eigenvalue weighted by Crippen LogP contribution is 2.32. The molecule has 0 saturated carbocycles. The normalized spacial score (nSPS) is 14.7. The fourth-order valence-corrected chi connectivity index (χ4v) is 4.77. The van der Waals surface area contributed by atoms with E-state index in [0.717, 1.165) is 0 Å². The van der Waals surface area contributed by atoms with E-state index in [4.69, 9.17) is 5.14 Å². The van der Waals surface area contributed by atoms with E-state index in [-0.39, 0.29) is 6.04 Å². The van der Waals surface area contributed by atoms with Crippen LogP contribution in [-0.2, 0) is 11.0 Å². The third-order valence-corrected chi connectivity index (χ3v) is 6.49. The van der Waals surface area contributed by atoms with E-state index in [1.807, 2.05) is 6.92 Å². The Kier molecular flexibility index (Phi) is 7.35. The number of hydrogen-bond donors (Lipinski definition) is 4. The fourth-order valence-electron chi connectivity index (χ4n) is 1.82. The van der Waals surface area contributed by atoms with Gasteiger partial charge in [-0.1, -0.05) is 0 Å². The van der Waals surface area contributed by atoms with Crippen molar-refractivity contribution in [2.24, 2.45) is 5.14 Å². The van der Waals surface area contributed by atoms with E-state index in [1.54, 1.807) is 25.3 Å². The van der Waals surface area contributed by atoms with Gasteiger partial charge in [0.05, 0.1) is 21.5 Å². The minimum absolute atomic E-state index is 0.179. The van der Waals surface area contributed by atoms with Crippen LogP contribution in [0, 0.1) is 0 Å². The highest BCUT2D eigenvalue weighted by atomic mass is 79.9. The molecule has 25 heavy (non-hydrogen) atoms. The highest BCUT2D eigenvalue weighted by Gasteiger charge is 2.14.